The molecule has 2 unspecified atom stereocenters. The smallest absolute Gasteiger partial charge is 0.347 e. The molecule has 1 aliphatic rings. The van der Waals surface area contributed by atoms with Gasteiger partial charge in [-0.2, -0.15) is 4.37 Å². The second-order valence-corrected chi connectivity index (χ2v) is 11.5. The molecule has 2 rings (SSSR count). The number of rotatable bonds is 16. The molecule has 0 aromatic carbocycles. The summed E-state index contributed by atoms with van der Waals surface area (Å²) in [5, 5.41) is 0. The predicted octanol–water partition coefficient (Wildman–Crippen LogP) is 1.27. The van der Waals surface area contributed by atoms with Crippen molar-refractivity contribution in [2.45, 2.75) is 72.3 Å². The Balaban J connectivity index is 2.17. The van der Waals surface area contributed by atoms with Crippen LogP contribution in [-0.2, 0) is 52.4 Å². The van der Waals surface area contributed by atoms with Crippen LogP contribution in [0.2, 0.25) is 0 Å². The minimum atomic E-state index is -1.21. The van der Waals surface area contributed by atoms with Gasteiger partial charge in [0.1, 0.15) is 6.61 Å². The highest BCUT2D eigenvalue weighted by atomic mass is 32.1. The fraction of sp³-hybridized carbons (Fsp3) is 0.679. The molecular formula is C28H42N4O12S. The minimum absolute atomic E-state index is 0.196. The normalized spacial score (nSPS) is 15.1. The second kappa shape index (κ2) is 17.5. The SMILES string of the molecule is C=C(C)OC(C)C(=O)OCC(=O)O[C@H](COc1nsnc1N1CCOCC1)CN(C(=O)COC(=O)C(C)OC(C)=O)C(C)(C)C. The first kappa shape index (κ1) is 37.2. The largest absolute Gasteiger partial charge is 0.484 e. The molecule has 1 aliphatic heterocycles. The van der Waals surface area contributed by atoms with Crippen LogP contribution in [0, 0.1) is 0 Å². The van der Waals surface area contributed by atoms with E-state index in [2.05, 4.69) is 15.3 Å². The number of allylic oxidation sites excluding steroid dienone is 1. The molecular weight excluding hydrogens is 616 g/mol. The maximum Gasteiger partial charge on any atom is 0.347 e. The third-order valence-electron chi connectivity index (χ3n) is 6.01. The molecule has 0 bridgehead atoms. The third-order valence-corrected chi connectivity index (χ3v) is 6.51. The zero-order valence-corrected chi connectivity index (χ0v) is 27.5. The van der Waals surface area contributed by atoms with Gasteiger partial charge in [0.2, 0.25) is 5.82 Å². The van der Waals surface area contributed by atoms with Crippen molar-refractivity contribution in [2.24, 2.45) is 0 Å². The molecule has 1 saturated heterocycles. The maximum atomic E-state index is 13.3. The summed E-state index contributed by atoms with van der Waals surface area (Å²) < 4.78 is 45.5. The standard InChI is InChI=1S/C28H42N4O12S/c1-17(2)42-18(3)26(36)41-16-23(35)44-21(14-39-25-24(29-45-30-25)31-9-11-38-12-10-31)13-32(28(6,7)8)22(34)15-40-27(37)19(4)43-20(5)33/h18-19,21H,1,9-16H2,2-8H3/t18?,19?,21-/m0/s1. The monoisotopic (exact) mass is 658 g/mol. The van der Waals surface area contributed by atoms with Gasteiger partial charge in [-0.1, -0.05) is 6.58 Å². The van der Waals surface area contributed by atoms with Crippen LogP contribution in [0.4, 0.5) is 5.82 Å². The van der Waals surface area contributed by atoms with Gasteiger partial charge in [0, 0.05) is 25.6 Å². The number of anilines is 1. The van der Waals surface area contributed by atoms with E-state index < -0.39 is 66.8 Å². The van der Waals surface area contributed by atoms with Gasteiger partial charge in [-0.05, 0) is 41.5 Å². The Morgan fingerprint density at radius 2 is 1.56 bits per heavy atom. The molecule has 45 heavy (non-hydrogen) atoms. The number of ether oxygens (including phenoxy) is 7. The van der Waals surface area contributed by atoms with Gasteiger partial charge in [0.15, 0.2) is 31.5 Å². The van der Waals surface area contributed by atoms with Gasteiger partial charge in [-0.25, -0.2) is 14.4 Å². The van der Waals surface area contributed by atoms with Gasteiger partial charge >= 0.3 is 23.9 Å². The number of esters is 4. The lowest BCUT2D eigenvalue weighted by molar-refractivity contribution is -0.171. The molecule has 0 aliphatic carbocycles. The number of morpholine rings is 1. The van der Waals surface area contributed by atoms with E-state index in [4.69, 9.17) is 33.2 Å². The summed E-state index contributed by atoms with van der Waals surface area (Å²) >= 11 is 0.947. The lowest BCUT2D eigenvalue weighted by atomic mass is 10.1. The zero-order chi connectivity index (χ0) is 33.7. The number of carbonyl (C=O) groups excluding carboxylic acids is 5. The van der Waals surface area contributed by atoms with Crippen molar-refractivity contribution in [3.05, 3.63) is 12.3 Å². The fourth-order valence-corrected chi connectivity index (χ4v) is 4.45. The second-order valence-electron chi connectivity index (χ2n) is 11.0. The summed E-state index contributed by atoms with van der Waals surface area (Å²) in [6.07, 6.45) is -3.29. The topological polar surface area (TPSA) is 182 Å². The molecule has 0 radical (unpaired) electrons. The van der Waals surface area contributed by atoms with Crippen molar-refractivity contribution >= 4 is 47.3 Å². The van der Waals surface area contributed by atoms with Crippen LogP contribution in [0.1, 0.15) is 48.5 Å². The Kier molecular flexibility index (Phi) is 14.5. The van der Waals surface area contributed by atoms with Crippen LogP contribution < -0.4 is 9.64 Å². The Labute approximate surface area is 266 Å². The highest BCUT2D eigenvalue weighted by molar-refractivity contribution is 6.99. The van der Waals surface area contributed by atoms with Gasteiger partial charge in [-0.3, -0.25) is 9.59 Å². The quantitative estimate of drug-likeness (QED) is 0.141. The number of aromatic nitrogens is 2. The number of hydrogen-bond donors (Lipinski definition) is 0. The van der Waals surface area contributed by atoms with E-state index in [0.29, 0.717) is 37.9 Å². The average Bonchev–Trinajstić information content (AvgIpc) is 3.43. The van der Waals surface area contributed by atoms with E-state index in [-0.39, 0.29) is 19.0 Å². The van der Waals surface area contributed by atoms with Crippen molar-refractivity contribution in [1.29, 1.82) is 0 Å². The summed E-state index contributed by atoms with van der Waals surface area (Å²) in [6, 6.07) is 0. The number of hydrogen-bond acceptors (Lipinski definition) is 16. The Morgan fingerprint density at radius 1 is 0.956 bits per heavy atom. The summed E-state index contributed by atoms with van der Waals surface area (Å²) in [5.41, 5.74) is -0.835. The van der Waals surface area contributed by atoms with Crippen molar-refractivity contribution in [2.75, 3.05) is 57.6 Å². The summed E-state index contributed by atoms with van der Waals surface area (Å²) in [7, 11) is 0. The van der Waals surface area contributed by atoms with Crippen molar-refractivity contribution < 1.29 is 57.1 Å². The lowest BCUT2D eigenvalue weighted by Crippen LogP contribution is -2.52. The van der Waals surface area contributed by atoms with Crippen LogP contribution in [0.15, 0.2) is 12.3 Å². The van der Waals surface area contributed by atoms with Crippen molar-refractivity contribution in [3.63, 3.8) is 0 Å². The molecule has 252 valence electrons. The summed E-state index contributed by atoms with van der Waals surface area (Å²) in [4.78, 5) is 64.9. The van der Waals surface area contributed by atoms with E-state index in [0.717, 1.165) is 18.7 Å². The van der Waals surface area contributed by atoms with Gasteiger partial charge in [-0.15, -0.1) is 4.37 Å². The molecule has 0 N–H and O–H groups in total. The predicted molar refractivity (Wildman–Crippen MR) is 158 cm³/mol. The third kappa shape index (κ3) is 12.9. The first-order valence-corrected chi connectivity index (χ1v) is 14.9. The van der Waals surface area contributed by atoms with E-state index in [1.54, 1.807) is 27.7 Å². The molecule has 1 fully saturated rings. The highest BCUT2D eigenvalue weighted by Gasteiger charge is 2.33. The molecule has 0 spiro atoms. The Bertz CT molecular complexity index is 1190. The van der Waals surface area contributed by atoms with Crippen LogP contribution in [0.5, 0.6) is 5.88 Å². The first-order chi connectivity index (χ1) is 21.1. The molecule has 1 aromatic rings. The number of carbonyl (C=O) groups is 5. The number of nitrogens with zero attached hydrogens (tertiary/aromatic N) is 4. The Morgan fingerprint density at radius 3 is 2.13 bits per heavy atom. The first-order valence-electron chi connectivity index (χ1n) is 14.2. The molecule has 1 amide bonds. The highest BCUT2D eigenvalue weighted by Crippen LogP contribution is 2.27. The Hall–Kier alpha value is -3.99. The summed E-state index contributed by atoms with van der Waals surface area (Å²) in [5.74, 6) is -2.90. The van der Waals surface area contributed by atoms with E-state index >= 15 is 0 Å². The molecule has 17 heteroatoms. The zero-order valence-electron chi connectivity index (χ0n) is 26.7. The van der Waals surface area contributed by atoms with Crippen LogP contribution in [0.25, 0.3) is 0 Å². The van der Waals surface area contributed by atoms with Crippen LogP contribution in [-0.4, -0.2) is 120 Å². The summed E-state index contributed by atoms with van der Waals surface area (Å²) in [6.45, 7) is 14.6. The van der Waals surface area contributed by atoms with E-state index in [1.807, 2.05) is 4.90 Å². The van der Waals surface area contributed by atoms with Gasteiger partial charge < -0.3 is 43.0 Å². The molecule has 16 nitrogen and oxygen atoms in total. The van der Waals surface area contributed by atoms with E-state index in [1.165, 1.54) is 18.7 Å². The van der Waals surface area contributed by atoms with E-state index in [9.17, 15) is 24.0 Å². The van der Waals surface area contributed by atoms with Crippen molar-refractivity contribution in [1.82, 2.24) is 13.6 Å². The molecule has 2 heterocycles. The van der Waals surface area contributed by atoms with Crippen LogP contribution >= 0.6 is 11.7 Å². The van der Waals surface area contributed by atoms with Crippen molar-refractivity contribution in [3.8, 4) is 5.88 Å². The van der Waals surface area contributed by atoms with Gasteiger partial charge in [0.05, 0.1) is 37.2 Å². The lowest BCUT2D eigenvalue weighted by Gasteiger charge is -2.37. The molecule has 3 atom stereocenters. The van der Waals surface area contributed by atoms with Crippen LogP contribution in [0.3, 0.4) is 0 Å². The fourth-order valence-electron chi connectivity index (χ4n) is 3.93. The molecule has 0 saturated carbocycles. The average molecular weight is 659 g/mol. The molecule has 1 aromatic heterocycles. The van der Waals surface area contributed by atoms with Gasteiger partial charge in [0.25, 0.3) is 11.8 Å². The minimum Gasteiger partial charge on any atom is -0.484 e. The number of amides is 1. The maximum absolute atomic E-state index is 13.3.